The predicted molar refractivity (Wildman–Crippen MR) is 140 cm³/mol. The van der Waals surface area contributed by atoms with Gasteiger partial charge in [-0.25, -0.2) is 9.97 Å². The Bertz CT molecular complexity index is 1040. The zero-order valence-corrected chi connectivity index (χ0v) is 21.4. The summed E-state index contributed by atoms with van der Waals surface area (Å²) < 4.78 is 2.00. The van der Waals surface area contributed by atoms with Gasteiger partial charge < -0.3 is 10.6 Å². The monoisotopic (exact) mass is 500 g/mol. The van der Waals surface area contributed by atoms with E-state index in [0.29, 0.717) is 23.4 Å². The topological polar surface area (TPSA) is 90.5 Å². The lowest BCUT2D eigenvalue weighted by molar-refractivity contribution is -0.118. The number of amides is 2. The van der Waals surface area contributed by atoms with E-state index < -0.39 is 0 Å². The van der Waals surface area contributed by atoms with Crippen LogP contribution in [0.4, 0.5) is 10.3 Å². The van der Waals surface area contributed by atoms with Crippen molar-refractivity contribution in [2.24, 2.45) is 11.8 Å². The lowest BCUT2D eigenvalue weighted by Crippen LogP contribution is -2.38. The van der Waals surface area contributed by atoms with Gasteiger partial charge in [-0.1, -0.05) is 36.5 Å². The zero-order valence-electron chi connectivity index (χ0n) is 19.8. The van der Waals surface area contributed by atoms with E-state index in [-0.39, 0.29) is 11.8 Å². The number of piperidine rings is 2. The van der Waals surface area contributed by atoms with Crippen LogP contribution in [-0.4, -0.2) is 70.9 Å². The highest BCUT2D eigenvalue weighted by Gasteiger charge is 2.20. The number of carbonyl (C=O) groups excluding carboxylic acids is 2. The van der Waals surface area contributed by atoms with Crippen LogP contribution >= 0.6 is 22.7 Å². The molecule has 3 aromatic rings. The molecule has 0 unspecified atom stereocenters. The van der Waals surface area contributed by atoms with Crippen molar-refractivity contribution in [1.82, 2.24) is 19.8 Å². The first-order valence-corrected chi connectivity index (χ1v) is 13.8. The molecule has 0 atom stereocenters. The van der Waals surface area contributed by atoms with E-state index >= 15 is 0 Å². The van der Waals surface area contributed by atoms with Crippen LogP contribution in [0.25, 0.3) is 20.4 Å². The Morgan fingerprint density at radius 1 is 0.794 bits per heavy atom. The number of fused-ring (bicyclic) bond motifs is 2. The van der Waals surface area contributed by atoms with Crippen molar-refractivity contribution >= 4 is 65.2 Å². The van der Waals surface area contributed by atoms with Crippen LogP contribution in [0.2, 0.25) is 0 Å². The fraction of sp³-hybridized carbons (Fsp3) is 0.583. The molecular weight excluding hydrogens is 468 g/mol. The zero-order chi connectivity index (χ0) is 23.7. The minimum absolute atomic E-state index is 0.0123. The van der Waals surface area contributed by atoms with Crippen LogP contribution < -0.4 is 10.6 Å². The summed E-state index contributed by atoms with van der Waals surface area (Å²) in [7, 11) is 0. The second kappa shape index (κ2) is 10.2. The Morgan fingerprint density at radius 2 is 1.21 bits per heavy atom. The van der Waals surface area contributed by atoms with Gasteiger partial charge in [-0.3, -0.25) is 19.4 Å². The Hall–Kier alpha value is -2.14. The first-order chi connectivity index (χ1) is 16.4. The van der Waals surface area contributed by atoms with Crippen LogP contribution in [0.5, 0.6) is 0 Å². The highest BCUT2D eigenvalue weighted by atomic mass is 32.1. The molecule has 1 aromatic carbocycles. The van der Waals surface area contributed by atoms with Crippen LogP contribution in [0.1, 0.15) is 39.5 Å². The van der Waals surface area contributed by atoms with E-state index in [2.05, 4.69) is 44.2 Å². The molecule has 4 heterocycles. The number of benzene rings is 1. The molecule has 2 N–H and O–H groups in total. The largest absolute Gasteiger partial charge is 0.301 e. The molecule has 0 bridgehead atoms. The number of likely N-dealkylation sites (tertiary alicyclic amines) is 2. The van der Waals surface area contributed by atoms with Gasteiger partial charge in [0.2, 0.25) is 11.8 Å². The molecule has 2 saturated heterocycles. The molecule has 2 aliphatic heterocycles. The molecular formula is C24H32N6O2S2. The standard InChI is InChI=1S/C24H32N6O2S2/c1-15-3-7-29(8-4-15)13-21(31)27-23-25-17-11-18-20(12-19(17)33-23)34-24(26-18)28-22(32)14-30-9-5-16(2)6-10-30/h11-12,15-16H,3-10,13-14H2,1-2H3,(H,25,27,31)(H,26,28,32). The maximum absolute atomic E-state index is 12.5. The van der Waals surface area contributed by atoms with Gasteiger partial charge in [-0.2, -0.15) is 0 Å². The van der Waals surface area contributed by atoms with Gasteiger partial charge in [0.15, 0.2) is 10.3 Å². The Balaban J connectivity index is 1.19. The number of nitrogens with one attached hydrogen (secondary N) is 2. The Kier molecular flexibility index (Phi) is 7.10. The van der Waals surface area contributed by atoms with Gasteiger partial charge in [-0.15, -0.1) is 0 Å². The summed E-state index contributed by atoms with van der Waals surface area (Å²) in [4.78, 5) is 38.6. The molecule has 2 aromatic heterocycles. The Labute approximate surface area is 207 Å². The second-order valence-electron chi connectivity index (χ2n) is 9.84. The summed E-state index contributed by atoms with van der Waals surface area (Å²) in [5, 5.41) is 7.16. The summed E-state index contributed by atoms with van der Waals surface area (Å²) in [6, 6.07) is 3.98. The third-order valence-electron chi connectivity index (χ3n) is 6.88. The second-order valence-corrected chi connectivity index (χ2v) is 11.9. The van der Waals surface area contributed by atoms with Gasteiger partial charge in [0, 0.05) is 0 Å². The number of hydrogen-bond donors (Lipinski definition) is 2. The number of aromatic nitrogens is 2. The number of carbonyl (C=O) groups is 2. The Morgan fingerprint density at radius 3 is 1.62 bits per heavy atom. The highest BCUT2D eigenvalue weighted by molar-refractivity contribution is 7.24. The first-order valence-electron chi connectivity index (χ1n) is 12.2. The third kappa shape index (κ3) is 5.73. The maximum Gasteiger partial charge on any atom is 0.240 e. The van der Waals surface area contributed by atoms with Gasteiger partial charge in [0.1, 0.15) is 0 Å². The van der Waals surface area contributed by atoms with E-state index in [9.17, 15) is 9.59 Å². The average Bonchev–Trinajstić information content (AvgIpc) is 3.36. The molecule has 0 aliphatic carbocycles. The van der Waals surface area contributed by atoms with Gasteiger partial charge in [0.05, 0.1) is 33.5 Å². The molecule has 34 heavy (non-hydrogen) atoms. The van der Waals surface area contributed by atoms with Crippen molar-refractivity contribution in [3.8, 4) is 0 Å². The molecule has 2 amide bonds. The lowest BCUT2D eigenvalue weighted by atomic mass is 9.99. The van der Waals surface area contributed by atoms with Crippen LogP contribution in [0.15, 0.2) is 12.1 Å². The lowest BCUT2D eigenvalue weighted by Gasteiger charge is -2.29. The molecule has 0 saturated carbocycles. The number of anilines is 2. The highest BCUT2D eigenvalue weighted by Crippen LogP contribution is 2.34. The fourth-order valence-electron chi connectivity index (χ4n) is 4.62. The van der Waals surface area contributed by atoms with E-state index in [4.69, 9.17) is 0 Å². The molecule has 8 nitrogen and oxygen atoms in total. The number of thiazole rings is 2. The van der Waals surface area contributed by atoms with E-state index in [1.807, 2.05) is 12.1 Å². The SMILES string of the molecule is CC1CCN(CC(=O)Nc2nc3cc4nc(NC(=O)CN5CCC(C)CC5)sc4cc3s2)CC1. The quantitative estimate of drug-likeness (QED) is 0.526. The van der Waals surface area contributed by atoms with E-state index in [1.54, 1.807) is 0 Å². The number of rotatable bonds is 6. The van der Waals surface area contributed by atoms with Gasteiger partial charge >= 0.3 is 0 Å². The first kappa shape index (κ1) is 23.6. The number of nitrogens with zero attached hydrogens (tertiary/aromatic N) is 4. The van der Waals surface area contributed by atoms with Crippen LogP contribution in [0.3, 0.4) is 0 Å². The van der Waals surface area contributed by atoms with E-state index in [0.717, 1.165) is 84.1 Å². The minimum atomic E-state index is -0.0123. The molecule has 2 aliphatic rings. The maximum atomic E-state index is 12.5. The smallest absolute Gasteiger partial charge is 0.240 e. The van der Waals surface area contributed by atoms with Crippen molar-refractivity contribution in [3.05, 3.63) is 12.1 Å². The van der Waals surface area contributed by atoms with Crippen molar-refractivity contribution in [3.63, 3.8) is 0 Å². The summed E-state index contributed by atoms with van der Waals surface area (Å²) in [5.74, 6) is 1.47. The molecule has 2 fully saturated rings. The van der Waals surface area contributed by atoms with E-state index in [1.165, 1.54) is 22.7 Å². The summed E-state index contributed by atoms with van der Waals surface area (Å²) in [6.45, 7) is 9.28. The molecule has 182 valence electrons. The average molecular weight is 501 g/mol. The summed E-state index contributed by atoms with van der Waals surface area (Å²) >= 11 is 2.95. The third-order valence-corrected chi connectivity index (χ3v) is 8.74. The van der Waals surface area contributed by atoms with Crippen molar-refractivity contribution in [2.75, 3.05) is 49.9 Å². The van der Waals surface area contributed by atoms with Crippen molar-refractivity contribution in [1.29, 1.82) is 0 Å². The van der Waals surface area contributed by atoms with Crippen LogP contribution in [0, 0.1) is 11.8 Å². The van der Waals surface area contributed by atoms with Crippen LogP contribution in [-0.2, 0) is 9.59 Å². The molecule has 10 heteroatoms. The summed E-state index contributed by atoms with van der Waals surface area (Å²) in [5.41, 5.74) is 1.62. The molecule has 0 spiro atoms. The van der Waals surface area contributed by atoms with Gasteiger partial charge in [0.25, 0.3) is 0 Å². The molecule has 0 radical (unpaired) electrons. The van der Waals surface area contributed by atoms with Crippen molar-refractivity contribution in [2.45, 2.75) is 39.5 Å². The van der Waals surface area contributed by atoms with Crippen molar-refractivity contribution < 1.29 is 9.59 Å². The predicted octanol–water partition coefficient (Wildman–Crippen LogP) is 4.25. The normalized spacial score (nSPS) is 19.1. The minimum Gasteiger partial charge on any atom is -0.301 e. The number of hydrogen-bond acceptors (Lipinski definition) is 8. The fourth-order valence-corrected chi connectivity index (χ4v) is 6.50. The molecule has 5 rings (SSSR count). The summed E-state index contributed by atoms with van der Waals surface area (Å²) in [6.07, 6.45) is 4.60. The van der Waals surface area contributed by atoms with Gasteiger partial charge in [-0.05, 0) is 75.8 Å².